The van der Waals surface area contributed by atoms with Gasteiger partial charge in [-0.15, -0.1) is 0 Å². The van der Waals surface area contributed by atoms with Gasteiger partial charge in [-0.2, -0.15) is 0 Å². The van der Waals surface area contributed by atoms with Gasteiger partial charge in [0.05, 0.1) is 18.5 Å². The number of sulfonamides is 1. The molecule has 3 aromatic carbocycles. The molecule has 5 nitrogen and oxygen atoms in total. The molecule has 0 aliphatic carbocycles. The highest BCUT2D eigenvalue weighted by Crippen LogP contribution is 2.25. The van der Waals surface area contributed by atoms with Gasteiger partial charge in [-0.1, -0.05) is 54.1 Å². The van der Waals surface area contributed by atoms with E-state index in [1.54, 1.807) is 48.5 Å². The van der Waals surface area contributed by atoms with Crippen molar-refractivity contribution >= 4 is 33.2 Å². The first-order chi connectivity index (χ1) is 14.8. The van der Waals surface area contributed by atoms with Crippen LogP contribution in [0.3, 0.4) is 0 Å². The third-order valence-electron chi connectivity index (χ3n) is 5.44. The van der Waals surface area contributed by atoms with Gasteiger partial charge in [0.2, 0.25) is 10.0 Å². The summed E-state index contributed by atoms with van der Waals surface area (Å²) < 4.78 is 26.0. The van der Waals surface area contributed by atoms with E-state index >= 15 is 0 Å². The van der Waals surface area contributed by atoms with E-state index in [0.717, 1.165) is 12.0 Å². The standard InChI is InChI=1S/C24H23ClN2O3S/c1-31(29,30)27(23-8-4-7-22(25)15-23)16-18-9-11-20(12-10-18)24(28)26-14-13-19-5-2-3-6-21(19)17-26/h2-12,15H,13-14,16-17H2,1H3. The highest BCUT2D eigenvalue weighted by Gasteiger charge is 2.22. The van der Waals surface area contributed by atoms with Crippen LogP contribution in [0, 0.1) is 0 Å². The molecule has 0 fully saturated rings. The number of carbonyl (C=O) groups excluding carboxylic acids is 1. The smallest absolute Gasteiger partial charge is 0.254 e. The third kappa shape index (κ3) is 4.92. The number of nitrogens with zero attached hydrogens (tertiary/aromatic N) is 2. The molecule has 1 aliphatic rings. The Kier molecular flexibility index (Phi) is 6.03. The van der Waals surface area contributed by atoms with E-state index in [0.29, 0.717) is 29.4 Å². The lowest BCUT2D eigenvalue weighted by Crippen LogP contribution is -2.35. The SMILES string of the molecule is CS(=O)(=O)N(Cc1ccc(C(=O)N2CCc3ccccc3C2)cc1)c1cccc(Cl)c1. The Morgan fingerprint density at radius 2 is 1.71 bits per heavy atom. The van der Waals surface area contributed by atoms with Crippen LogP contribution in [-0.4, -0.2) is 32.0 Å². The van der Waals surface area contributed by atoms with Crippen LogP contribution in [0.4, 0.5) is 5.69 Å². The molecule has 160 valence electrons. The molecule has 31 heavy (non-hydrogen) atoms. The second-order valence-electron chi connectivity index (χ2n) is 7.69. The Balaban J connectivity index is 1.50. The van der Waals surface area contributed by atoms with Gasteiger partial charge in [0, 0.05) is 23.7 Å². The van der Waals surface area contributed by atoms with E-state index in [2.05, 4.69) is 12.1 Å². The zero-order chi connectivity index (χ0) is 22.0. The summed E-state index contributed by atoms with van der Waals surface area (Å²) in [6.07, 6.45) is 2.02. The molecule has 4 rings (SSSR count). The van der Waals surface area contributed by atoms with Crippen LogP contribution < -0.4 is 4.31 Å². The summed E-state index contributed by atoms with van der Waals surface area (Å²) in [5, 5.41) is 0.468. The zero-order valence-electron chi connectivity index (χ0n) is 17.2. The van der Waals surface area contributed by atoms with Gasteiger partial charge in [0.1, 0.15) is 0 Å². The molecular formula is C24H23ClN2O3S. The molecule has 0 saturated carbocycles. The summed E-state index contributed by atoms with van der Waals surface area (Å²) >= 11 is 6.04. The predicted octanol–water partition coefficient (Wildman–Crippen LogP) is 4.50. The molecule has 0 spiro atoms. The molecule has 7 heteroatoms. The Hall–Kier alpha value is -2.83. The quantitative estimate of drug-likeness (QED) is 0.570. The average Bonchev–Trinajstić information content (AvgIpc) is 2.76. The molecule has 3 aromatic rings. The van der Waals surface area contributed by atoms with Crippen molar-refractivity contribution in [1.29, 1.82) is 0 Å². The monoisotopic (exact) mass is 454 g/mol. The summed E-state index contributed by atoms with van der Waals surface area (Å²) in [6.45, 7) is 1.45. The molecule has 0 N–H and O–H groups in total. The molecule has 0 saturated heterocycles. The van der Waals surface area contributed by atoms with Gasteiger partial charge in [-0.25, -0.2) is 8.42 Å². The van der Waals surface area contributed by atoms with Crippen LogP contribution in [0.25, 0.3) is 0 Å². The zero-order valence-corrected chi connectivity index (χ0v) is 18.7. The number of amides is 1. The normalized spacial score (nSPS) is 13.5. The van der Waals surface area contributed by atoms with Crippen molar-refractivity contribution in [2.75, 3.05) is 17.1 Å². The van der Waals surface area contributed by atoms with E-state index < -0.39 is 10.0 Å². The number of halogens is 1. The molecule has 1 aliphatic heterocycles. The largest absolute Gasteiger partial charge is 0.334 e. The first-order valence-corrected chi connectivity index (χ1v) is 12.2. The lowest BCUT2D eigenvalue weighted by molar-refractivity contribution is 0.0734. The molecule has 1 amide bonds. The minimum atomic E-state index is -3.51. The maximum absolute atomic E-state index is 13.0. The fraction of sp³-hybridized carbons (Fsp3) is 0.208. The minimum absolute atomic E-state index is 0.0177. The maximum atomic E-state index is 13.0. The minimum Gasteiger partial charge on any atom is -0.334 e. The highest BCUT2D eigenvalue weighted by atomic mass is 35.5. The van der Waals surface area contributed by atoms with E-state index in [4.69, 9.17) is 11.6 Å². The molecule has 0 radical (unpaired) electrons. The van der Waals surface area contributed by atoms with Gasteiger partial charge in [0.25, 0.3) is 5.91 Å². The van der Waals surface area contributed by atoms with Crippen LogP contribution >= 0.6 is 11.6 Å². The summed E-state index contributed by atoms with van der Waals surface area (Å²) in [7, 11) is -3.51. The topological polar surface area (TPSA) is 57.7 Å². The Morgan fingerprint density at radius 3 is 2.39 bits per heavy atom. The molecular weight excluding hydrogens is 432 g/mol. The molecule has 0 unspecified atom stereocenters. The predicted molar refractivity (Wildman–Crippen MR) is 124 cm³/mol. The average molecular weight is 455 g/mol. The van der Waals surface area contributed by atoms with E-state index in [1.807, 2.05) is 17.0 Å². The van der Waals surface area contributed by atoms with Crippen molar-refractivity contribution in [2.45, 2.75) is 19.5 Å². The number of fused-ring (bicyclic) bond motifs is 1. The molecule has 0 aromatic heterocycles. The van der Waals surface area contributed by atoms with Crippen molar-refractivity contribution in [3.8, 4) is 0 Å². The van der Waals surface area contributed by atoms with Gasteiger partial charge < -0.3 is 4.90 Å². The van der Waals surface area contributed by atoms with Gasteiger partial charge >= 0.3 is 0 Å². The number of benzene rings is 3. The van der Waals surface area contributed by atoms with Gasteiger partial charge in [-0.3, -0.25) is 9.10 Å². The Labute approximate surface area is 187 Å². The Morgan fingerprint density at radius 1 is 1.00 bits per heavy atom. The maximum Gasteiger partial charge on any atom is 0.254 e. The fourth-order valence-corrected chi connectivity index (χ4v) is 4.87. The summed E-state index contributed by atoms with van der Waals surface area (Å²) in [6, 6.07) is 22.1. The summed E-state index contributed by atoms with van der Waals surface area (Å²) in [5.41, 5.74) is 4.36. The highest BCUT2D eigenvalue weighted by molar-refractivity contribution is 7.92. The van der Waals surface area contributed by atoms with Crippen LogP contribution in [0.1, 0.15) is 27.0 Å². The van der Waals surface area contributed by atoms with E-state index in [9.17, 15) is 13.2 Å². The van der Waals surface area contributed by atoms with Gasteiger partial charge in [0.15, 0.2) is 0 Å². The molecule has 0 bridgehead atoms. The molecule has 0 atom stereocenters. The number of anilines is 1. The first kappa shape index (κ1) is 21.4. The molecule has 1 heterocycles. The van der Waals surface area contributed by atoms with Crippen molar-refractivity contribution in [3.05, 3.63) is 100 Å². The summed E-state index contributed by atoms with van der Waals surface area (Å²) in [4.78, 5) is 14.8. The van der Waals surface area contributed by atoms with Crippen LogP contribution in [-0.2, 0) is 29.5 Å². The van der Waals surface area contributed by atoms with Crippen LogP contribution in [0.2, 0.25) is 5.02 Å². The van der Waals surface area contributed by atoms with Crippen molar-refractivity contribution in [1.82, 2.24) is 4.90 Å². The number of hydrogen-bond donors (Lipinski definition) is 0. The van der Waals surface area contributed by atoms with E-state index in [1.165, 1.54) is 21.7 Å². The lowest BCUT2D eigenvalue weighted by atomic mass is 9.99. The number of rotatable bonds is 5. The number of hydrogen-bond acceptors (Lipinski definition) is 3. The lowest BCUT2D eigenvalue weighted by Gasteiger charge is -2.29. The van der Waals surface area contributed by atoms with Crippen molar-refractivity contribution < 1.29 is 13.2 Å². The second-order valence-corrected chi connectivity index (χ2v) is 10.0. The fourth-order valence-electron chi connectivity index (χ4n) is 3.80. The van der Waals surface area contributed by atoms with Crippen LogP contribution in [0.15, 0.2) is 72.8 Å². The number of carbonyl (C=O) groups is 1. The van der Waals surface area contributed by atoms with Crippen LogP contribution in [0.5, 0.6) is 0 Å². The van der Waals surface area contributed by atoms with Crippen molar-refractivity contribution in [3.63, 3.8) is 0 Å². The summed E-state index contributed by atoms with van der Waals surface area (Å²) in [5.74, 6) is -0.0177. The first-order valence-electron chi connectivity index (χ1n) is 9.99. The third-order valence-corrected chi connectivity index (χ3v) is 6.82. The Bertz CT molecular complexity index is 1210. The second kappa shape index (κ2) is 8.73. The van der Waals surface area contributed by atoms with Gasteiger partial charge in [-0.05, 0) is 53.4 Å². The van der Waals surface area contributed by atoms with Crippen molar-refractivity contribution in [2.24, 2.45) is 0 Å². The van der Waals surface area contributed by atoms with E-state index in [-0.39, 0.29) is 12.5 Å².